The fraction of sp³-hybridized carbons (Fsp3) is 1.00. The zero-order valence-electron chi connectivity index (χ0n) is 8.93. The van der Waals surface area contributed by atoms with E-state index in [0.29, 0.717) is 0 Å². The van der Waals surface area contributed by atoms with E-state index in [1.807, 2.05) is 0 Å². The number of hydrogen-bond donors (Lipinski definition) is 3. The molecule has 0 amide bonds. The SMILES string of the molecule is CC(C)(C)N[N+](=O)C(CO)(CO)[N+](=O)[O-]. The molecule has 0 saturated heterocycles. The highest BCUT2D eigenvalue weighted by Crippen LogP contribution is 2.11. The van der Waals surface area contributed by atoms with Crippen LogP contribution in [0.1, 0.15) is 20.8 Å². The normalized spacial score (nSPS) is 12.3. The summed E-state index contributed by atoms with van der Waals surface area (Å²) in [7, 11) is 0. The number of hydrogen-bond acceptors (Lipinski definition) is 5. The van der Waals surface area contributed by atoms with E-state index in [1.165, 1.54) is 0 Å². The molecule has 0 atom stereocenters. The quantitative estimate of drug-likeness (QED) is 0.238. The van der Waals surface area contributed by atoms with Gasteiger partial charge in [-0.2, -0.15) is 0 Å². The average molecular weight is 222 g/mol. The Labute approximate surface area is 86.6 Å². The summed E-state index contributed by atoms with van der Waals surface area (Å²) in [6.07, 6.45) is 0. The maximum Gasteiger partial charge on any atom is 0.521 e. The third-order valence-electron chi connectivity index (χ3n) is 1.66. The van der Waals surface area contributed by atoms with Gasteiger partial charge in [0.05, 0.1) is 10.4 Å². The topological polar surface area (TPSA) is 116 Å². The van der Waals surface area contributed by atoms with Gasteiger partial charge in [-0.1, -0.05) is 0 Å². The largest absolute Gasteiger partial charge is 0.521 e. The number of rotatable bonds is 5. The Morgan fingerprint density at radius 1 is 1.20 bits per heavy atom. The second-order valence-electron chi connectivity index (χ2n) is 4.21. The van der Waals surface area contributed by atoms with Crippen molar-refractivity contribution in [2.24, 2.45) is 0 Å². The van der Waals surface area contributed by atoms with Crippen LogP contribution >= 0.6 is 0 Å². The summed E-state index contributed by atoms with van der Waals surface area (Å²) in [6.45, 7) is 2.71. The number of nitro groups is 1. The molecule has 0 radical (unpaired) electrons. The van der Waals surface area contributed by atoms with Gasteiger partial charge < -0.3 is 10.2 Å². The Balaban J connectivity index is 4.95. The summed E-state index contributed by atoms with van der Waals surface area (Å²) in [5.41, 5.74) is -0.893. The molecule has 0 aliphatic heterocycles. The molecule has 3 N–H and O–H groups in total. The van der Waals surface area contributed by atoms with Crippen LogP contribution in [-0.2, 0) is 0 Å². The van der Waals surface area contributed by atoms with Gasteiger partial charge in [0.25, 0.3) is 0 Å². The number of aliphatic hydroxyl groups is 2. The minimum absolute atomic E-state index is 0.118. The highest BCUT2D eigenvalue weighted by atomic mass is 16.6. The third-order valence-corrected chi connectivity index (χ3v) is 1.66. The van der Waals surface area contributed by atoms with Crippen LogP contribution in [-0.4, -0.2) is 44.4 Å². The molecule has 0 aromatic heterocycles. The number of aliphatic hydroxyl groups excluding tert-OH is 2. The minimum atomic E-state index is -2.45. The van der Waals surface area contributed by atoms with Crippen LogP contribution in [0.25, 0.3) is 0 Å². The lowest BCUT2D eigenvalue weighted by Crippen LogP contribution is -2.62. The maximum absolute atomic E-state index is 11.4. The van der Waals surface area contributed by atoms with Crippen molar-refractivity contribution in [2.75, 3.05) is 13.2 Å². The third kappa shape index (κ3) is 3.10. The summed E-state index contributed by atoms with van der Waals surface area (Å²) in [6, 6.07) is 0. The molecule has 0 aliphatic rings. The van der Waals surface area contributed by atoms with Gasteiger partial charge in [-0.3, -0.25) is 10.1 Å². The van der Waals surface area contributed by atoms with Crippen LogP contribution < -0.4 is 5.43 Å². The van der Waals surface area contributed by atoms with Crippen molar-refractivity contribution in [2.45, 2.75) is 32.0 Å². The van der Waals surface area contributed by atoms with Gasteiger partial charge in [0.15, 0.2) is 18.1 Å². The summed E-state index contributed by atoms with van der Waals surface area (Å²) < 4.78 is 0. The Morgan fingerprint density at radius 3 is 1.80 bits per heavy atom. The molecule has 8 nitrogen and oxygen atoms in total. The first-order valence-corrected chi connectivity index (χ1v) is 4.31. The van der Waals surface area contributed by atoms with Gasteiger partial charge in [0.1, 0.15) is 4.92 Å². The van der Waals surface area contributed by atoms with Crippen molar-refractivity contribution >= 4 is 0 Å². The predicted octanol–water partition coefficient (Wildman–Crippen LogP) is -0.974. The molecule has 0 fully saturated rings. The summed E-state index contributed by atoms with van der Waals surface area (Å²) in [5.74, 6) is 0. The second-order valence-corrected chi connectivity index (χ2v) is 4.21. The zero-order valence-corrected chi connectivity index (χ0v) is 8.93. The molecule has 0 rings (SSSR count). The molecule has 0 aromatic carbocycles. The minimum Gasteiger partial charge on any atom is -0.382 e. The number of hydrazine groups is 1. The first-order chi connectivity index (χ1) is 6.69. The summed E-state index contributed by atoms with van der Waals surface area (Å²) in [4.78, 5) is 20.9. The molecular weight excluding hydrogens is 206 g/mol. The van der Waals surface area contributed by atoms with Crippen LogP contribution in [0.4, 0.5) is 0 Å². The summed E-state index contributed by atoms with van der Waals surface area (Å²) >= 11 is 0. The van der Waals surface area contributed by atoms with E-state index < -0.39 is 29.3 Å². The molecular formula is C7H16N3O5+. The van der Waals surface area contributed by atoms with Crippen molar-refractivity contribution in [3.63, 3.8) is 0 Å². The van der Waals surface area contributed by atoms with Crippen molar-refractivity contribution in [1.29, 1.82) is 0 Å². The van der Waals surface area contributed by atoms with Crippen LogP contribution in [0, 0.1) is 15.0 Å². The lowest BCUT2D eigenvalue weighted by Gasteiger charge is -2.18. The van der Waals surface area contributed by atoms with Gasteiger partial charge in [-0.05, 0) is 20.8 Å². The molecule has 0 aromatic rings. The molecule has 0 unspecified atom stereocenters. The van der Waals surface area contributed by atoms with Gasteiger partial charge >= 0.3 is 5.66 Å². The van der Waals surface area contributed by atoms with Gasteiger partial charge in [-0.15, -0.1) is 5.43 Å². The fourth-order valence-corrected chi connectivity index (χ4v) is 0.777. The Kier molecular flexibility index (Phi) is 4.11. The van der Waals surface area contributed by atoms with Crippen molar-refractivity contribution < 1.29 is 20.0 Å². The molecule has 0 bridgehead atoms. The molecule has 88 valence electrons. The van der Waals surface area contributed by atoms with E-state index in [9.17, 15) is 15.0 Å². The second kappa shape index (κ2) is 4.49. The Morgan fingerprint density at radius 2 is 1.60 bits per heavy atom. The summed E-state index contributed by atoms with van der Waals surface area (Å²) in [5, 5.41) is 28.3. The lowest BCUT2D eigenvalue weighted by atomic mass is 10.1. The van der Waals surface area contributed by atoms with E-state index in [4.69, 9.17) is 10.2 Å². The van der Waals surface area contributed by atoms with Gasteiger partial charge in [0, 0.05) is 0 Å². The fourth-order valence-electron chi connectivity index (χ4n) is 0.777. The number of nitroso groups, excluding NO2 is 1. The van der Waals surface area contributed by atoms with E-state index >= 15 is 0 Å². The van der Waals surface area contributed by atoms with Crippen LogP contribution in [0.15, 0.2) is 0 Å². The molecule has 0 saturated carbocycles. The monoisotopic (exact) mass is 222 g/mol. The standard InChI is InChI=1S/C7H16N3O5/c1-6(2,3)8-9(13)7(4-11,5-12)10(14)15/h11-12H,4-5H2,1-3H3,(H,8,13)/q+1. The van der Waals surface area contributed by atoms with Gasteiger partial charge in [0.2, 0.25) is 0 Å². The van der Waals surface area contributed by atoms with Gasteiger partial charge in [-0.25, -0.2) is 0 Å². The Bertz CT molecular complexity index is 256. The first-order valence-electron chi connectivity index (χ1n) is 4.31. The van der Waals surface area contributed by atoms with E-state index in [0.717, 1.165) is 0 Å². The van der Waals surface area contributed by atoms with Crippen molar-refractivity contribution in [3.05, 3.63) is 15.0 Å². The molecule has 0 heterocycles. The first kappa shape index (κ1) is 13.7. The number of nitrogens with zero attached hydrogens (tertiary/aromatic N) is 2. The smallest absolute Gasteiger partial charge is 0.382 e. The predicted molar refractivity (Wildman–Crippen MR) is 50.4 cm³/mol. The molecule has 15 heavy (non-hydrogen) atoms. The maximum atomic E-state index is 11.4. The van der Waals surface area contributed by atoms with Crippen molar-refractivity contribution in [3.8, 4) is 0 Å². The number of nitrogens with one attached hydrogen (secondary N) is 1. The van der Waals surface area contributed by atoms with Crippen LogP contribution in [0.5, 0.6) is 0 Å². The van der Waals surface area contributed by atoms with E-state index in [-0.39, 0.29) is 4.87 Å². The van der Waals surface area contributed by atoms with E-state index in [1.54, 1.807) is 20.8 Å². The lowest BCUT2D eigenvalue weighted by molar-refractivity contribution is -0.855. The highest BCUT2D eigenvalue weighted by Gasteiger charge is 2.60. The highest BCUT2D eigenvalue weighted by molar-refractivity contribution is 4.67. The Hall–Kier alpha value is -1.28. The molecule has 0 aliphatic carbocycles. The van der Waals surface area contributed by atoms with E-state index in [2.05, 4.69) is 5.43 Å². The van der Waals surface area contributed by atoms with Crippen LogP contribution in [0.3, 0.4) is 0 Å². The van der Waals surface area contributed by atoms with Crippen LogP contribution in [0.2, 0.25) is 0 Å². The molecule has 8 heteroatoms. The molecule has 0 spiro atoms. The van der Waals surface area contributed by atoms with Crippen molar-refractivity contribution in [1.82, 2.24) is 5.43 Å². The zero-order chi connectivity index (χ0) is 12.3. The average Bonchev–Trinajstić information content (AvgIpc) is 2.03.